The van der Waals surface area contributed by atoms with E-state index in [2.05, 4.69) is 17.0 Å². The highest BCUT2D eigenvalue weighted by Gasteiger charge is 2.14. The van der Waals surface area contributed by atoms with E-state index < -0.39 is 0 Å². The number of rotatable bonds is 5. The lowest BCUT2D eigenvalue weighted by molar-refractivity contribution is 0.0785. The van der Waals surface area contributed by atoms with Crippen molar-refractivity contribution in [2.75, 3.05) is 12.8 Å². The number of aryl methyl sites for hydroxylation is 2. The summed E-state index contributed by atoms with van der Waals surface area (Å²) < 4.78 is 1.72. The van der Waals surface area contributed by atoms with Gasteiger partial charge in [-0.05, 0) is 18.6 Å². The minimum Gasteiger partial charge on any atom is -0.384 e. The number of carbonyl (C=O) groups excluding carboxylic acids is 1. The Morgan fingerprint density at radius 2 is 2.19 bits per heavy atom. The number of aromatic nitrogens is 3. The molecule has 0 bridgehead atoms. The van der Waals surface area contributed by atoms with Gasteiger partial charge in [0.15, 0.2) is 0 Å². The largest absolute Gasteiger partial charge is 0.384 e. The van der Waals surface area contributed by atoms with Crippen LogP contribution >= 0.6 is 0 Å². The summed E-state index contributed by atoms with van der Waals surface area (Å²) in [5.41, 5.74) is 8.22. The van der Waals surface area contributed by atoms with Crippen LogP contribution in [0, 0.1) is 0 Å². The molecular weight excluding hydrogens is 266 g/mol. The Morgan fingerprint density at radius 3 is 2.81 bits per heavy atom. The molecule has 0 spiro atoms. The molecule has 0 radical (unpaired) electrons. The van der Waals surface area contributed by atoms with Gasteiger partial charge in [0.1, 0.15) is 5.82 Å². The maximum Gasteiger partial charge on any atom is 0.254 e. The molecule has 2 aromatic rings. The van der Waals surface area contributed by atoms with Crippen molar-refractivity contribution >= 4 is 11.7 Å². The summed E-state index contributed by atoms with van der Waals surface area (Å²) in [7, 11) is 3.62. The van der Waals surface area contributed by atoms with Crippen LogP contribution in [0.2, 0.25) is 0 Å². The van der Waals surface area contributed by atoms with Crippen molar-refractivity contribution in [3.05, 3.63) is 41.3 Å². The van der Waals surface area contributed by atoms with Crippen LogP contribution in [0.1, 0.15) is 35.0 Å². The second-order valence-corrected chi connectivity index (χ2v) is 5.21. The third kappa shape index (κ3) is 3.81. The van der Waals surface area contributed by atoms with Gasteiger partial charge in [-0.1, -0.05) is 13.3 Å². The molecule has 0 saturated carbocycles. The molecule has 0 unspecified atom stereocenters. The minimum absolute atomic E-state index is 0.0645. The van der Waals surface area contributed by atoms with Crippen molar-refractivity contribution in [1.29, 1.82) is 0 Å². The van der Waals surface area contributed by atoms with Crippen LogP contribution in [-0.2, 0) is 20.0 Å². The van der Waals surface area contributed by atoms with Gasteiger partial charge < -0.3 is 10.6 Å². The molecule has 1 amide bonds. The first kappa shape index (κ1) is 15.0. The molecule has 6 nitrogen and oxygen atoms in total. The molecule has 21 heavy (non-hydrogen) atoms. The van der Waals surface area contributed by atoms with E-state index in [9.17, 15) is 4.79 Å². The fraction of sp³-hybridized carbons (Fsp3) is 0.400. The summed E-state index contributed by atoms with van der Waals surface area (Å²) in [6.45, 7) is 2.58. The molecular formula is C15H21N5O. The highest BCUT2D eigenvalue weighted by molar-refractivity contribution is 5.94. The number of amides is 1. The van der Waals surface area contributed by atoms with Gasteiger partial charge in [0.25, 0.3) is 5.91 Å². The standard InChI is InChI=1S/C15H21N5O/c1-4-5-13-6-12(7-14(16)18-13)15(21)19(2)9-11-8-17-20(3)10-11/h6-8,10H,4-5,9H2,1-3H3,(H2,16,18). The first-order chi connectivity index (χ1) is 9.99. The summed E-state index contributed by atoms with van der Waals surface area (Å²) in [5, 5.41) is 4.10. The van der Waals surface area contributed by atoms with Crippen LogP contribution in [0.5, 0.6) is 0 Å². The molecule has 6 heteroatoms. The van der Waals surface area contributed by atoms with Crippen LogP contribution < -0.4 is 5.73 Å². The van der Waals surface area contributed by atoms with E-state index in [-0.39, 0.29) is 5.91 Å². The monoisotopic (exact) mass is 287 g/mol. The Bertz CT molecular complexity index is 635. The van der Waals surface area contributed by atoms with Crippen LogP contribution in [-0.4, -0.2) is 32.6 Å². The summed E-state index contributed by atoms with van der Waals surface area (Å²) in [6, 6.07) is 3.45. The van der Waals surface area contributed by atoms with Gasteiger partial charge in [-0.2, -0.15) is 5.10 Å². The number of nitrogens with zero attached hydrogens (tertiary/aromatic N) is 4. The molecule has 2 aromatic heterocycles. The predicted molar refractivity (Wildman–Crippen MR) is 81.6 cm³/mol. The van der Waals surface area contributed by atoms with Crippen molar-refractivity contribution < 1.29 is 4.79 Å². The quantitative estimate of drug-likeness (QED) is 0.906. The number of anilines is 1. The third-order valence-corrected chi connectivity index (χ3v) is 3.18. The van der Waals surface area contributed by atoms with Gasteiger partial charge in [-0.3, -0.25) is 9.48 Å². The molecule has 0 aliphatic carbocycles. The first-order valence-electron chi connectivity index (χ1n) is 6.99. The Hall–Kier alpha value is -2.37. The van der Waals surface area contributed by atoms with Gasteiger partial charge in [0, 0.05) is 43.7 Å². The maximum atomic E-state index is 12.5. The lowest BCUT2D eigenvalue weighted by Crippen LogP contribution is -2.26. The number of nitrogens with two attached hydrogens (primary N) is 1. The van der Waals surface area contributed by atoms with E-state index in [1.165, 1.54) is 0 Å². The molecule has 2 heterocycles. The van der Waals surface area contributed by atoms with Crippen molar-refractivity contribution in [2.24, 2.45) is 7.05 Å². The molecule has 112 valence electrons. The SMILES string of the molecule is CCCc1cc(C(=O)N(C)Cc2cnn(C)c2)cc(N)n1. The fourth-order valence-electron chi connectivity index (χ4n) is 2.24. The Labute approximate surface area is 124 Å². The number of nitrogen functional groups attached to an aromatic ring is 1. The maximum absolute atomic E-state index is 12.5. The second kappa shape index (κ2) is 6.39. The summed E-state index contributed by atoms with van der Waals surface area (Å²) in [5.74, 6) is 0.324. The number of pyridine rings is 1. The fourth-order valence-corrected chi connectivity index (χ4v) is 2.24. The van der Waals surface area contributed by atoms with E-state index >= 15 is 0 Å². The Morgan fingerprint density at radius 1 is 1.43 bits per heavy atom. The van der Waals surface area contributed by atoms with Crippen molar-refractivity contribution in [3.8, 4) is 0 Å². The normalized spacial score (nSPS) is 10.6. The van der Waals surface area contributed by atoms with Gasteiger partial charge >= 0.3 is 0 Å². The van der Waals surface area contributed by atoms with E-state index in [4.69, 9.17) is 5.73 Å². The zero-order chi connectivity index (χ0) is 15.4. The molecule has 0 saturated heterocycles. The van der Waals surface area contributed by atoms with Crippen molar-refractivity contribution in [3.63, 3.8) is 0 Å². The molecule has 0 aliphatic heterocycles. The second-order valence-electron chi connectivity index (χ2n) is 5.21. The number of hydrogen-bond donors (Lipinski definition) is 1. The van der Waals surface area contributed by atoms with Gasteiger partial charge in [0.2, 0.25) is 0 Å². The van der Waals surface area contributed by atoms with Crippen LogP contribution in [0.4, 0.5) is 5.82 Å². The van der Waals surface area contributed by atoms with Crippen LogP contribution in [0.3, 0.4) is 0 Å². The summed E-state index contributed by atoms with van der Waals surface area (Å²) in [6.07, 6.45) is 5.44. The lowest BCUT2D eigenvalue weighted by atomic mass is 10.1. The van der Waals surface area contributed by atoms with Crippen molar-refractivity contribution in [2.45, 2.75) is 26.3 Å². The Balaban J connectivity index is 2.14. The third-order valence-electron chi connectivity index (χ3n) is 3.18. The topological polar surface area (TPSA) is 77.0 Å². The minimum atomic E-state index is -0.0645. The first-order valence-corrected chi connectivity index (χ1v) is 6.99. The summed E-state index contributed by atoms with van der Waals surface area (Å²) in [4.78, 5) is 18.4. The molecule has 0 fully saturated rings. The zero-order valence-electron chi connectivity index (χ0n) is 12.7. The van der Waals surface area contributed by atoms with E-state index in [0.29, 0.717) is 17.9 Å². The smallest absolute Gasteiger partial charge is 0.254 e. The molecule has 0 aliphatic rings. The summed E-state index contributed by atoms with van der Waals surface area (Å²) >= 11 is 0. The molecule has 0 aromatic carbocycles. The van der Waals surface area contributed by atoms with Crippen LogP contribution in [0.15, 0.2) is 24.5 Å². The number of hydrogen-bond acceptors (Lipinski definition) is 4. The van der Waals surface area contributed by atoms with Crippen molar-refractivity contribution in [1.82, 2.24) is 19.7 Å². The number of carbonyl (C=O) groups is 1. The van der Waals surface area contributed by atoms with Gasteiger partial charge in [0.05, 0.1) is 6.20 Å². The van der Waals surface area contributed by atoms with Gasteiger partial charge in [-0.15, -0.1) is 0 Å². The Kier molecular flexibility index (Phi) is 4.57. The highest BCUT2D eigenvalue weighted by atomic mass is 16.2. The average Bonchev–Trinajstić information content (AvgIpc) is 2.83. The molecule has 2 rings (SSSR count). The lowest BCUT2D eigenvalue weighted by Gasteiger charge is -2.17. The molecule has 0 atom stereocenters. The van der Waals surface area contributed by atoms with E-state index in [1.54, 1.807) is 28.9 Å². The van der Waals surface area contributed by atoms with E-state index in [1.807, 2.05) is 19.3 Å². The van der Waals surface area contributed by atoms with Gasteiger partial charge in [-0.25, -0.2) is 4.98 Å². The van der Waals surface area contributed by atoms with E-state index in [0.717, 1.165) is 24.1 Å². The molecule has 2 N–H and O–H groups in total. The highest BCUT2D eigenvalue weighted by Crippen LogP contribution is 2.13. The average molecular weight is 287 g/mol. The zero-order valence-corrected chi connectivity index (χ0v) is 12.7. The predicted octanol–water partition coefficient (Wildman–Crippen LogP) is 1.62. The van der Waals surface area contributed by atoms with Crippen LogP contribution in [0.25, 0.3) is 0 Å².